The van der Waals surface area contributed by atoms with Gasteiger partial charge in [0.2, 0.25) is 0 Å². The van der Waals surface area contributed by atoms with Crippen LogP contribution in [0.2, 0.25) is 0 Å². The van der Waals surface area contributed by atoms with Crippen LogP contribution in [-0.4, -0.2) is 0 Å². The molecule has 0 aromatic heterocycles. The Bertz CT molecular complexity index is 323. The van der Waals surface area contributed by atoms with Gasteiger partial charge in [-0.1, -0.05) is 31.4 Å². The molecule has 2 rings (SSSR count). The van der Waals surface area contributed by atoms with Crippen molar-refractivity contribution in [3.05, 3.63) is 35.6 Å². The third-order valence-electron chi connectivity index (χ3n) is 3.39. The summed E-state index contributed by atoms with van der Waals surface area (Å²) in [4.78, 5) is 0. The number of halogens is 2. The predicted molar refractivity (Wildman–Crippen MR) is 67.2 cm³/mol. The fourth-order valence-electron chi connectivity index (χ4n) is 2.48. The van der Waals surface area contributed by atoms with E-state index in [-0.39, 0.29) is 24.3 Å². The van der Waals surface area contributed by atoms with Crippen molar-refractivity contribution in [2.75, 3.05) is 0 Å². The van der Waals surface area contributed by atoms with Crippen molar-refractivity contribution in [3.8, 4) is 0 Å². The number of nitrogens with two attached hydrogens (primary N) is 1. The highest BCUT2D eigenvalue weighted by atomic mass is 35.5. The van der Waals surface area contributed by atoms with Crippen molar-refractivity contribution in [1.82, 2.24) is 0 Å². The molecule has 1 aromatic rings. The molecule has 1 aromatic carbocycles. The minimum Gasteiger partial charge on any atom is -0.324 e. The Labute approximate surface area is 103 Å². The largest absolute Gasteiger partial charge is 0.324 e. The first-order valence-electron chi connectivity index (χ1n) is 5.78. The summed E-state index contributed by atoms with van der Waals surface area (Å²) >= 11 is 0. The van der Waals surface area contributed by atoms with Gasteiger partial charge >= 0.3 is 0 Å². The molecule has 1 saturated carbocycles. The first-order valence-corrected chi connectivity index (χ1v) is 5.78. The van der Waals surface area contributed by atoms with E-state index in [1.54, 1.807) is 12.1 Å². The molecule has 3 heteroatoms. The summed E-state index contributed by atoms with van der Waals surface area (Å²) in [6.07, 6.45) is 6.25. The van der Waals surface area contributed by atoms with Crippen LogP contribution in [0.4, 0.5) is 4.39 Å². The summed E-state index contributed by atoms with van der Waals surface area (Å²) in [5, 5.41) is 0. The lowest BCUT2D eigenvalue weighted by atomic mass is 9.81. The predicted octanol–water partition coefficient (Wildman–Crippen LogP) is 3.83. The van der Waals surface area contributed by atoms with E-state index >= 15 is 0 Å². The van der Waals surface area contributed by atoms with Crippen LogP contribution in [0.3, 0.4) is 0 Å². The molecule has 1 aliphatic rings. The maximum atomic E-state index is 13.0. The maximum Gasteiger partial charge on any atom is 0.123 e. The van der Waals surface area contributed by atoms with Crippen LogP contribution in [0.5, 0.6) is 0 Å². The number of hydrogen-bond acceptors (Lipinski definition) is 1. The summed E-state index contributed by atoms with van der Waals surface area (Å²) < 4.78 is 13.0. The molecule has 90 valence electrons. The molecule has 0 saturated heterocycles. The van der Waals surface area contributed by atoms with Gasteiger partial charge in [-0.05, 0) is 36.5 Å². The molecule has 1 fully saturated rings. The Morgan fingerprint density at radius 1 is 1.19 bits per heavy atom. The van der Waals surface area contributed by atoms with Gasteiger partial charge in [-0.25, -0.2) is 4.39 Å². The van der Waals surface area contributed by atoms with Crippen molar-refractivity contribution >= 4 is 12.4 Å². The summed E-state index contributed by atoms with van der Waals surface area (Å²) in [5.41, 5.74) is 7.12. The van der Waals surface area contributed by atoms with Crippen molar-refractivity contribution < 1.29 is 4.39 Å². The smallest absolute Gasteiger partial charge is 0.123 e. The molecule has 0 radical (unpaired) electrons. The molecule has 16 heavy (non-hydrogen) atoms. The van der Waals surface area contributed by atoms with Crippen LogP contribution in [0.15, 0.2) is 24.3 Å². The topological polar surface area (TPSA) is 26.0 Å². The van der Waals surface area contributed by atoms with Crippen molar-refractivity contribution in [1.29, 1.82) is 0 Å². The molecule has 0 unspecified atom stereocenters. The van der Waals surface area contributed by atoms with Crippen LogP contribution in [0.25, 0.3) is 0 Å². The van der Waals surface area contributed by atoms with Crippen LogP contribution in [-0.2, 0) is 0 Å². The lowest BCUT2D eigenvalue weighted by molar-refractivity contribution is 0.308. The Morgan fingerprint density at radius 3 is 2.50 bits per heavy atom. The summed E-state index contributed by atoms with van der Waals surface area (Å²) in [5.74, 6) is 0.360. The van der Waals surface area contributed by atoms with Crippen molar-refractivity contribution in [2.24, 2.45) is 11.7 Å². The minimum absolute atomic E-state index is 0. The first kappa shape index (κ1) is 13.5. The van der Waals surface area contributed by atoms with E-state index in [4.69, 9.17) is 5.73 Å². The van der Waals surface area contributed by atoms with Gasteiger partial charge in [-0.3, -0.25) is 0 Å². The maximum absolute atomic E-state index is 13.0. The average Bonchev–Trinajstić information content (AvgIpc) is 2.29. The van der Waals surface area contributed by atoms with Crippen LogP contribution in [0.1, 0.15) is 43.7 Å². The highest BCUT2D eigenvalue weighted by molar-refractivity contribution is 5.85. The fourth-order valence-corrected chi connectivity index (χ4v) is 2.48. The Balaban J connectivity index is 0.00000128. The van der Waals surface area contributed by atoms with E-state index in [2.05, 4.69) is 0 Å². The van der Waals surface area contributed by atoms with E-state index in [1.165, 1.54) is 38.2 Å². The Kier molecular flexibility index (Phi) is 5.23. The van der Waals surface area contributed by atoms with Crippen LogP contribution >= 0.6 is 12.4 Å². The average molecular weight is 244 g/mol. The van der Waals surface area contributed by atoms with E-state index < -0.39 is 0 Å². The third-order valence-corrected chi connectivity index (χ3v) is 3.39. The zero-order valence-corrected chi connectivity index (χ0v) is 10.2. The zero-order chi connectivity index (χ0) is 10.7. The molecule has 2 N–H and O–H groups in total. The monoisotopic (exact) mass is 243 g/mol. The molecule has 0 aliphatic heterocycles. The minimum atomic E-state index is -0.182. The molecule has 0 heterocycles. The number of rotatable bonds is 2. The second-order valence-corrected chi connectivity index (χ2v) is 4.48. The van der Waals surface area contributed by atoms with Gasteiger partial charge in [0.15, 0.2) is 0 Å². The highest BCUT2D eigenvalue weighted by Gasteiger charge is 2.21. The van der Waals surface area contributed by atoms with Gasteiger partial charge in [0.05, 0.1) is 0 Å². The second kappa shape index (κ2) is 6.21. The van der Waals surface area contributed by atoms with Gasteiger partial charge in [0.25, 0.3) is 0 Å². The quantitative estimate of drug-likeness (QED) is 0.840. The third kappa shape index (κ3) is 3.19. The van der Waals surface area contributed by atoms with Crippen LogP contribution in [0, 0.1) is 11.7 Å². The highest BCUT2D eigenvalue weighted by Crippen LogP contribution is 2.32. The van der Waals surface area contributed by atoms with Gasteiger partial charge in [0, 0.05) is 6.04 Å². The summed E-state index contributed by atoms with van der Waals surface area (Å²) in [7, 11) is 0. The molecular formula is C13H19ClFN. The van der Waals surface area contributed by atoms with E-state index in [0.29, 0.717) is 5.92 Å². The van der Waals surface area contributed by atoms with Gasteiger partial charge in [-0.2, -0.15) is 0 Å². The van der Waals surface area contributed by atoms with Crippen LogP contribution < -0.4 is 5.73 Å². The molecule has 1 aliphatic carbocycles. The number of benzene rings is 1. The summed E-state index contributed by atoms with van der Waals surface area (Å²) in [6, 6.07) is 6.73. The second-order valence-electron chi connectivity index (χ2n) is 4.48. The zero-order valence-electron chi connectivity index (χ0n) is 9.36. The SMILES string of the molecule is Cl.N[C@@H](c1cccc(F)c1)C1CCCCC1. The van der Waals surface area contributed by atoms with Gasteiger partial charge in [0.1, 0.15) is 5.82 Å². The Hall–Kier alpha value is -0.600. The molecule has 0 spiro atoms. The lowest BCUT2D eigenvalue weighted by Gasteiger charge is -2.27. The molecule has 0 bridgehead atoms. The number of hydrogen-bond donors (Lipinski definition) is 1. The van der Waals surface area contributed by atoms with E-state index in [0.717, 1.165) is 5.56 Å². The molecular weight excluding hydrogens is 225 g/mol. The lowest BCUT2D eigenvalue weighted by Crippen LogP contribution is -2.23. The van der Waals surface area contributed by atoms with E-state index in [9.17, 15) is 4.39 Å². The van der Waals surface area contributed by atoms with Crippen molar-refractivity contribution in [3.63, 3.8) is 0 Å². The normalized spacial score (nSPS) is 18.9. The van der Waals surface area contributed by atoms with Gasteiger partial charge < -0.3 is 5.73 Å². The molecule has 1 nitrogen and oxygen atoms in total. The standard InChI is InChI=1S/C13H18FN.ClH/c14-12-8-4-7-11(9-12)13(15)10-5-2-1-3-6-10;/h4,7-10,13H,1-3,5-6,15H2;1H/t13-;/m1./s1. The first-order chi connectivity index (χ1) is 7.27. The molecule has 1 atom stereocenters. The fraction of sp³-hybridized carbons (Fsp3) is 0.538. The molecule has 0 amide bonds. The summed E-state index contributed by atoms with van der Waals surface area (Å²) in [6.45, 7) is 0. The van der Waals surface area contributed by atoms with Crippen molar-refractivity contribution in [2.45, 2.75) is 38.1 Å². The van der Waals surface area contributed by atoms with E-state index in [1.807, 2.05) is 6.07 Å². The Morgan fingerprint density at radius 2 is 1.88 bits per heavy atom. The van der Waals surface area contributed by atoms with Gasteiger partial charge in [-0.15, -0.1) is 12.4 Å².